The molecule has 0 aliphatic heterocycles. The van der Waals surface area contributed by atoms with Crippen LogP contribution in [0.3, 0.4) is 0 Å². The van der Waals surface area contributed by atoms with Gasteiger partial charge in [-0.1, -0.05) is 22.4 Å². The van der Waals surface area contributed by atoms with Crippen LogP contribution in [0.4, 0.5) is 11.4 Å². The maximum atomic E-state index is 10.8. The van der Waals surface area contributed by atoms with E-state index in [0.717, 1.165) is 18.2 Å². The Kier molecular flexibility index (Phi) is 7.20. The highest BCUT2D eigenvalue weighted by molar-refractivity contribution is 7.86. The van der Waals surface area contributed by atoms with Crippen molar-refractivity contribution in [2.24, 2.45) is 0 Å². The largest absolute Gasteiger partial charge is 0.477 e. The van der Waals surface area contributed by atoms with Crippen molar-refractivity contribution in [2.45, 2.75) is 4.90 Å². The Balaban J connectivity index is 0.000000292. The number of carboxylic acid groups (broad SMARTS) is 2. The van der Waals surface area contributed by atoms with Gasteiger partial charge in [0.25, 0.3) is 5.69 Å². The van der Waals surface area contributed by atoms with Crippen LogP contribution in [0.5, 0.6) is 0 Å². The summed E-state index contributed by atoms with van der Waals surface area (Å²) in [5.41, 5.74) is -2.06. The van der Waals surface area contributed by atoms with Gasteiger partial charge in [0.05, 0.1) is 4.92 Å². The van der Waals surface area contributed by atoms with E-state index in [1.165, 1.54) is 18.2 Å². The molecule has 0 unspecified atom stereocenters. The Morgan fingerprint density at radius 2 is 1.43 bits per heavy atom. The topological polar surface area (TPSA) is 192 Å². The molecule has 0 radical (unpaired) electrons. The number of carboxylic acids is 2. The van der Waals surface area contributed by atoms with Gasteiger partial charge in [0.2, 0.25) is 0 Å². The lowest BCUT2D eigenvalue weighted by Crippen LogP contribution is -2.09. The molecule has 0 amide bonds. The summed E-state index contributed by atoms with van der Waals surface area (Å²) in [7, 11) is -4.84. The number of hydrogen-bond acceptors (Lipinski definition) is 8. The zero-order chi connectivity index (χ0) is 21.6. The van der Waals surface area contributed by atoms with Gasteiger partial charge < -0.3 is 23.0 Å². The molecule has 2 rings (SSSR count). The van der Waals surface area contributed by atoms with Crippen LogP contribution in [0.2, 0.25) is 0 Å². The maximum Gasteiger partial charge on any atom is 0.342 e. The molecule has 3 N–H and O–H groups in total. The van der Waals surface area contributed by atoms with Gasteiger partial charge >= 0.3 is 27.7 Å². The summed E-state index contributed by atoms with van der Waals surface area (Å²) in [6, 6.07) is 8.39. The zero-order valence-corrected chi connectivity index (χ0v) is 15.1. The van der Waals surface area contributed by atoms with Gasteiger partial charge in [0.15, 0.2) is 4.90 Å². The number of benzene rings is 2. The van der Waals surface area contributed by atoms with Gasteiger partial charge in [0.1, 0.15) is 11.1 Å². The Hall–Kier alpha value is -3.49. The van der Waals surface area contributed by atoms with Crippen molar-refractivity contribution in [2.75, 3.05) is 0 Å². The number of nitro groups is 1. The monoisotopic (exact) mass is 430 g/mol. The fourth-order valence-electron chi connectivity index (χ4n) is 1.91. The molecule has 28 heavy (non-hydrogen) atoms. The number of rotatable bonds is 5. The van der Waals surface area contributed by atoms with Crippen molar-refractivity contribution >= 4 is 46.2 Å². The summed E-state index contributed by atoms with van der Waals surface area (Å²) in [6.07, 6.45) is 0. The van der Waals surface area contributed by atoms with E-state index in [-0.39, 0.29) is 15.4 Å². The normalized spacial score (nSPS) is 10.3. The molecule has 0 aliphatic rings. The van der Waals surface area contributed by atoms with E-state index in [1.807, 2.05) is 0 Å². The molecule has 0 fully saturated rings. The molecule has 14 heteroatoms. The van der Waals surface area contributed by atoms with Crippen molar-refractivity contribution in [3.63, 3.8) is 0 Å². The molecule has 0 saturated heterocycles. The van der Waals surface area contributed by atoms with Gasteiger partial charge in [-0.2, -0.15) is 8.42 Å². The number of carbonyl (C=O) groups is 2. The van der Waals surface area contributed by atoms with Crippen molar-refractivity contribution < 1.29 is 41.9 Å². The van der Waals surface area contributed by atoms with Gasteiger partial charge in [-0.05, 0) is 18.2 Å². The second kappa shape index (κ2) is 8.94. The van der Waals surface area contributed by atoms with Crippen molar-refractivity contribution in [3.8, 4) is 0 Å². The van der Waals surface area contributed by atoms with E-state index >= 15 is 0 Å². The Morgan fingerprint density at radius 3 is 1.82 bits per heavy atom. The van der Waals surface area contributed by atoms with Crippen LogP contribution in [0.1, 0.15) is 20.7 Å². The number of nitrogens with zero attached hydrogens (tertiary/aromatic N) is 2. The SMILES string of the molecule is O=C(O)c1cccc(S(=O)(=O)O)c1[N+](=O)[O-].O=C(O)c1ccccc1[N+](=O)[S-]. The minimum Gasteiger partial charge on any atom is -0.477 e. The third kappa shape index (κ3) is 5.50. The van der Waals surface area contributed by atoms with Crippen molar-refractivity contribution in [1.29, 1.82) is 0 Å². The number of nitroso groups, excluding NO2 is 1. The second-order valence-electron chi connectivity index (χ2n) is 4.77. The molecular formula is C14H10N2O10S2. The highest BCUT2D eigenvalue weighted by Crippen LogP contribution is 2.27. The van der Waals surface area contributed by atoms with Gasteiger partial charge in [-0.3, -0.25) is 14.7 Å². The molecule has 0 aromatic heterocycles. The standard InChI is InChI=1S/C7H5NO7S.C7H5NO3S/c9-7(10)4-2-1-3-5(16(13,14)15)6(4)8(11)12;9-7(10)5-3-1-2-4-6(5)8(11)12/h1-3H,(H,9,10)(H,13,14,15);1-4H,(H,9,10). The van der Waals surface area contributed by atoms with Crippen LogP contribution in [0, 0.1) is 15.0 Å². The second-order valence-corrected chi connectivity index (χ2v) is 6.49. The minimum absolute atomic E-state index is 0.0139. The lowest BCUT2D eigenvalue weighted by molar-refractivity contribution is -0.388. The smallest absolute Gasteiger partial charge is 0.342 e. The van der Waals surface area contributed by atoms with Crippen LogP contribution in [-0.4, -0.2) is 44.2 Å². The van der Waals surface area contributed by atoms with E-state index in [9.17, 15) is 33.0 Å². The predicted octanol–water partition coefficient (Wildman–Crippen LogP) is 1.80. The van der Waals surface area contributed by atoms with Crippen LogP contribution in [-0.2, 0) is 22.9 Å². The lowest BCUT2D eigenvalue weighted by atomic mass is 10.2. The molecule has 0 aliphatic carbocycles. The van der Waals surface area contributed by atoms with Gasteiger partial charge in [-0.15, -0.1) is 0 Å². The van der Waals surface area contributed by atoms with Crippen LogP contribution < -0.4 is 0 Å². The third-order valence-electron chi connectivity index (χ3n) is 3.02. The molecule has 2 aromatic rings. The van der Waals surface area contributed by atoms with E-state index < -0.39 is 43.1 Å². The maximum absolute atomic E-state index is 10.8. The first-order chi connectivity index (χ1) is 12.9. The van der Waals surface area contributed by atoms with Crippen LogP contribution in [0.15, 0.2) is 47.4 Å². The first-order valence-corrected chi connectivity index (χ1v) is 8.63. The average molecular weight is 430 g/mol. The molecule has 0 saturated carbocycles. The van der Waals surface area contributed by atoms with E-state index in [2.05, 4.69) is 12.8 Å². The van der Waals surface area contributed by atoms with E-state index in [0.29, 0.717) is 0 Å². The minimum atomic E-state index is -4.84. The molecule has 0 spiro atoms. The highest BCUT2D eigenvalue weighted by Gasteiger charge is 2.30. The first-order valence-electron chi connectivity index (χ1n) is 6.82. The fraction of sp³-hybridized carbons (Fsp3) is 0. The third-order valence-corrected chi connectivity index (χ3v) is 4.10. The molecular weight excluding hydrogens is 420 g/mol. The summed E-state index contributed by atoms with van der Waals surface area (Å²) in [4.78, 5) is 40.1. The molecule has 0 atom stereocenters. The van der Waals surface area contributed by atoms with E-state index in [4.69, 9.17) is 14.8 Å². The fourth-order valence-corrected chi connectivity index (χ4v) is 2.74. The summed E-state index contributed by atoms with van der Waals surface area (Å²) < 4.78 is 30.4. The quantitative estimate of drug-likeness (QED) is 0.206. The number of hydrogen-bond donors (Lipinski definition) is 3. The molecule has 2 aromatic carbocycles. The molecule has 0 bridgehead atoms. The summed E-state index contributed by atoms with van der Waals surface area (Å²) in [6.45, 7) is 0. The lowest BCUT2D eigenvalue weighted by Gasteiger charge is -2.01. The molecule has 148 valence electrons. The van der Waals surface area contributed by atoms with Crippen molar-refractivity contribution in [1.82, 2.24) is 0 Å². The Bertz CT molecular complexity index is 1030. The highest BCUT2D eigenvalue weighted by atomic mass is 32.2. The Morgan fingerprint density at radius 1 is 0.929 bits per heavy atom. The van der Waals surface area contributed by atoms with Crippen LogP contribution in [0.25, 0.3) is 0 Å². The average Bonchev–Trinajstić information content (AvgIpc) is 2.60. The zero-order valence-electron chi connectivity index (χ0n) is 13.5. The summed E-state index contributed by atoms with van der Waals surface area (Å²) in [5.74, 6) is -2.81. The number of para-hydroxylation sites is 2. The number of nitro benzene ring substituents is 1. The molecule has 0 heterocycles. The summed E-state index contributed by atoms with van der Waals surface area (Å²) >= 11 is 4.27. The van der Waals surface area contributed by atoms with Gasteiger partial charge in [0, 0.05) is 11.0 Å². The van der Waals surface area contributed by atoms with Crippen molar-refractivity contribution in [3.05, 3.63) is 68.6 Å². The molecule has 12 nitrogen and oxygen atoms in total. The van der Waals surface area contributed by atoms with E-state index in [1.54, 1.807) is 6.07 Å². The van der Waals surface area contributed by atoms with Gasteiger partial charge in [-0.25, -0.2) is 9.59 Å². The first kappa shape index (κ1) is 22.6. The Labute approximate surface area is 162 Å². The summed E-state index contributed by atoms with van der Waals surface area (Å²) in [5, 5.41) is 27.8. The number of aromatic carboxylic acids is 2. The predicted molar refractivity (Wildman–Crippen MR) is 93.9 cm³/mol. The van der Waals surface area contributed by atoms with Crippen LogP contribution >= 0.6 is 0 Å².